The molecule has 1 atom stereocenters. The maximum atomic E-state index is 12.2. The molecule has 0 saturated carbocycles. The molecule has 4 amide bonds. The Morgan fingerprint density at radius 1 is 1.28 bits per heavy atom. The zero-order valence-electron chi connectivity index (χ0n) is 11.0. The second-order valence-electron chi connectivity index (χ2n) is 4.66. The molecule has 18 heavy (non-hydrogen) atoms. The van der Waals surface area contributed by atoms with Crippen LogP contribution >= 0.6 is 0 Å². The van der Waals surface area contributed by atoms with Crippen LogP contribution in [0.15, 0.2) is 11.6 Å². The maximum absolute atomic E-state index is 12.2. The first-order valence-electron chi connectivity index (χ1n) is 5.75. The van der Waals surface area contributed by atoms with E-state index in [2.05, 4.69) is 5.32 Å². The van der Waals surface area contributed by atoms with E-state index in [1.54, 1.807) is 6.92 Å². The van der Waals surface area contributed by atoms with Crippen LogP contribution in [-0.4, -0.2) is 29.8 Å². The van der Waals surface area contributed by atoms with Crippen molar-refractivity contribution in [1.82, 2.24) is 4.90 Å². The molecule has 0 bridgehead atoms. The van der Waals surface area contributed by atoms with E-state index >= 15 is 0 Å². The van der Waals surface area contributed by atoms with Crippen molar-refractivity contribution in [2.24, 2.45) is 5.41 Å². The number of hydrogen-bond acceptors (Lipinski definition) is 3. The number of rotatable bonds is 1. The average molecular weight is 258 g/mol. The Balaban J connectivity index is 0.00000162. The quantitative estimate of drug-likeness (QED) is 0.344. The van der Waals surface area contributed by atoms with Crippen LogP contribution in [-0.2, 0) is 9.59 Å². The molecule has 1 aliphatic heterocycles. The van der Waals surface area contributed by atoms with Crippen molar-refractivity contribution in [1.29, 1.82) is 0 Å². The second-order valence-corrected chi connectivity index (χ2v) is 4.66. The average Bonchev–Trinajstić information content (AvgIpc) is 2.35. The summed E-state index contributed by atoms with van der Waals surface area (Å²) in [6.45, 7) is 1.57. The van der Waals surface area contributed by atoms with E-state index in [1.165, 1.54) is 7.05 Å². The van der Waals surface area contributed by atoms with Crippen molar-refractivity contribution in [3.63, 3.8) is 0 Å². The van der Waals surface area contributed by atoms with Crippen LogP contribution in [0.4, 0.5) is 4.79 Å². The molecule has 2 rings (SSSR count). The monoisotopic (exact) mass is 258 g/mol. The Labute approximate surface area is 128 Å². The van der Waals surface area contributed by atoms with Gasteiger partial charge in [0.1, 0.15) is 5.41 Å². The number of carbonyl (C=O) groups is 3. The van der Waals surface area contributed by atoms with Crippen molar-refractivity contribution < 1.29 is 43.9 Å². The van der Waals surface area contributed by atoms with E-state index < -0.39 is 23.3 Å². The van der Waals surface area contributed by atoms with Gasteiger partial charge in [0.2, 0.25) is 0 Å². The number of hydrogen-bond donors (Lipinski definition) is 0. The van der Waals surface area contributed by atoms with Crippen LogP contribution in [0.25, 0.3) is 5.32 Å². The minimum Gasteiger partial charge on any atom is -0.384 e. The molecule has 1 fully saturated rings. The Morgan fingerprint density at radius 3 is 2.50 bits per heavy atom. The van der Waals surface area contributed by atoms with E-state index in [-0.39, 0.29) is 29.6 Å². The summed E-state index contributed by atoms with van der Waals surface area (Å²) in [5, 5.41) is 3.43. The molecular weight excluding hydrogens is 243 g/mol. The van der Waals surface area contributed by atoms with Crippen LogP contribution in [0.1, 0.15) is 32.6 Å². The molecule has 1 heterocycles. The normalized spacial score (nSPS) is 28.4. The summed E-state index contributed by atoms with van der Waals surface area (Å²) < 4.78 is 0. The van der Waals surface area contributed by atoms with Crippen molar-refractivity contribution >= 4 is 17.8 Å². The second kappa shape index (κ2) is 5.55. The summed E-state index contributed by atoms with van der Waals surface area (Å²) in [5.41, 5.74) is -0.454. The Hall–Kier alpha value is -0.650. The summed E-state index contributed by atoms with van der Waals surface area (Å²) in [4.78, 5) is 36.3. The molecule has 92 valence electrons. The molecule has 1 saturated heterocycles. The molecule has 1 unspecified atom stereocenters. The number of urea groups is 1. The van der Waals surface area contributed by atoms with Gasteiger partial charge in [0.25, 0.3) is 0 Å². The third kappa shape index (κ3) is 2.27. The Morgan fingerprint density at radius 2 is 1.94 bits per heavy atom. The first-order valence-corrected chi connectivity index (χ1v) is 5.75. The molecule has 0 spiro atoms. The number of nitrogens with zero attached hydrogens (tertiary/aromatic N) is 2. The summed E-state index contributed by atoms with van der Waals surface area (Å²) >= 11 is 0. The SMILES string of the molecule is CN1C(=O)[N-]C(=O)C(C)(C2=CCCCC2)C1=O.[Na+]. The third-order valence-electron chi connectivity index (χ3n) is 3.58. The fourth-order valence-electron chi connectivity index (χ4n) is 2.35. The van der Waals surface area contributed by atoms with E-state index in [9.17, 15) is 14.4 Å². The molecule has 0 aromatic heterocycles. The van der Waals surface area contributed by atoms with Crippen LogP contribution in [0.3, 0.4) is 0 Å². The standard InChI is InChI=1S/C12H16N2O3.Na/c1-12(8-6-4-3-5-7-8)9(15)13-11(17)14(2)10(12)16;/h6H,3-5,7H2,1-2H3,(H,13,15,17);/q;+1/p-1. The number of imide groups is 2. The van der Waals surface area contributed by atoms with Gasteiger partial charge in [0.05, 0.1) is 0 Å². The minimum atomic E-state index is -1.26. The van der Waals surface area contributed by atoms with Crippen LogP contribution in [0.2, 0.25) is 0 Å². The van der Waals surface area contributed by atoms with Gasteiger partial charge in [-0.1, -0.05) is 18.7 Å². The fraction of sp³-hybridized carbons (Fsp3) is 0.583. The van der Waals surface area contributed by atoms with Crippen molar-refractivity contribution in [2.75, 3.05) is 7.05 Å². The number of allylic oxidation sites excluding steroid dienone is 1. The predicted molar refractivity (Wildman–Crippen MR) is 61.2 cm³/mol. The molecule has 0 aromatic rings. The molecule has 1 aliphatic carbocycles. The van der Waals surface area contributed by atoms with Gasteiger partial charge < -0.3 is 10.2 Å². The molecule has 6 heteroatoms. The zero-order valence-corrected chi connectivity index (χ0v) is 13.0. The molecule has 2 aliphatic rings. The predicted octanol–water partition coefficient (Wildman–Crippen LogP) is -1.01. The number of barbiturate groups is 1. The molecule has 0 radical (unpaired) electrons. The van der Waals surface area contributed by atoms with Gasteiger partial charge in [-0.25, -0.2) is 0 Å². The number of amides is 4. The largest absolute Gasteiger partial charge is 1.00 e. The zero-order chi connectivity index (χ0) is 12.6. The summed E-state index contributed by atoms with van der Waals surface area (Å²) in [5.74, 6) is -1.09. The van der Waals surface area contributed by atoms with Gasteiger partial charge in [-0.2, -0.15) is 0 Å². The minimum absolute atomic E-state index is 0. The van der Waals surface area contributed by atoms with E-state index in [1.807, 2.05) is 6.08 Å². The summed E-state index contributed by atoms with van der Waals surface area (Å²) in [6, 6.07) is -0.770. The summed E-state index contributed by atoms with van der Waals surface area (Å²) in [6.07, 6.45) is 5.60. The van der Waals surface area contributed by atoms with Gasteiger partial charge >= 0.3 is 29.6 Å². The van der Waals surface area contributed by atoms with Gasteiger partial charge in [-0.05, 0) is 32.6 Å². The topological polar surface area (TPSA) is 68.6 Å². The van der Waals surface area contributed by atoms with E-state index in [0.29, 0.717) is 0 Å². The first-order chi connectivity index (χ1) is 7.98. The van der Waals surface area contributed by atoms with Crippen LogP contribution in [0.5, 0.6) is 0 Å². The van der Waals surface area contributed by atoms with Crippen molar-refractivity contribution in [3.8, 4) is 0 Å². The van der Waals surface area contributed by atoms with Gasteiger partial charge in [0, 0.05) is 0 Å². The Bertz CT molecular complexity index is 433. The first kappa shape index (κ1) is 15.4. The van der Waals surface area contributed by atoms with Crippen LogP contribution in [0, 0.1) is 5.41 Å². The van der Waals surface area contributed by atoms with Gasteiger partial charge in [0.15, 0.2) is 17.8 Å². The number of carbonyl (C=O) groups excluding carboxylic acids is 3. The molecule has 5 nitrogen and oxygen atoms in total. The van der Waals surface area contributed by atoms with Crippen molar-refractivity contribution in [3.05, 3.63) is 17.0 Å². The van der Waals surface area contributed by atoms with Gasteiger partial charge in [-0.15, -0.1) is 0 Å². The van der Waals surface area contributed by atoms with E-state index in [0.717, 1.165) is 36.2 Å². The van der Waals surface area contributed by atoms with E-state index in [4.69, 9.17) is 0 Å². The third-order valence-corrected chi connectivity index (χ3v) is 3.58. The van der Waals surface area contributed by atoms with Crippen molar-refractivity contribution in [2.45, 2.75) is 32.6 Å². The van der Waals surface area contributed by atoms with Gasteiger partial charge in [-0.3, -0.25) is 14.4 Å². The Kier molecular flexibility index (Phi) is 4.75. The smallest absolute Gasteiger partial charge is 0.384 e. The molecular formula is C12H15N2NaO3. The summed E-state index contributed by atoms with van der Waals surface area (Å²) in [7, 11) is 1.36. The van der Waals surface area contributed by atoms with Crippen LogP contribution < -0.4 is 29.6 Å². The fourth-order valence-corrected chi connectivity index (χ4v) is 2.35. The molecule has 0 N–H and O–H groups in total. The molecule has 0 aromatic carbocycles. The maximum Gasteiger partial charge on any atom is 1.00 e.